The van der Waals surface area contributed by atoms with Crippen molar-refractivity contribution in [2.24, 2.45) is 0 Å². The van der Waals surface area contributed by atoms with Gasteiger partial charge in [0, 0.05) is 12.1 Å². The number of nitrogens with zero attached hydrogens (tertiary/aromatic N) is 4. The summed E-state index contributed by atoms with van der Waals surface area (Å²) >= 11 is 0. The summed E-state index contributed by atoms with van der Waals surface area (Å²) in [6.45, 7) is 2.84. The zero-order valence-electron chi connectivity index (χ0n) is 16.1. The van der Waals surface area contributed by atoms with Gasteiger partial charge in [0.15, 0.2) is 5.65 Å². The van der Waals surface area contributed by atoms with Crippen molar-refractivity contribution in [3.63, 3.8) is 0 Å². The Labute approximate surface area is 169 Å². The summed E-state index contributed by atoms with van der Waals surface area (Å²) in [5.41, 5.74) is 3.93. The maximum Gasteiger partial charge on any atom is 0.323 e. The third kappa shape index (κ3) is 4.21. The van der Waals surface area contributed by atoms with Gasteiger partial charge in [-0.1, -0.05) is 60.7 Å². The van der Waals surface area contributed by atoms with E-state index in [2.05, 4.69) is 20.3 Å². The lowest BCUT2D eigenvalue weighted by Gasteiger charge is -2.22. The smallest absolute Gasteiger partial charge is 0.323 e. The van der Waals surface area contributed by atoms with Crippen LogP contribution in [0, 0.1) is 0 Å². The van der Waals surface area contributed by atoms with E-state index in [4.69, 9.17) is 0 Å². The van der Waals surface area contributed by atoms with Crippen LogP contribution < -0.4 is 10.2 Å². The number of anilines is 1. The molecule has 4 aromatic rings. The average Bonchev–Trinajstić information content (AvgIpc) is 2.78. The predicted molar refractivity (Wildman–Crippen MR) is 114 cm³/mol. The quantitative estimate of drug-likeness (QED) is 0.553. The fourth-order valence-electron chi connectivity index (χ4n) is 3.06. The molecule has 0 aliphatic carbocycles. The molecule has 2 aromatic heterocycles. The summed E-state index contributed by atoms with van der Waals surface area (Å²) in [4.78, 5) is 28.1. The van der Waals surface area contributed by atoms with Crippen LogP contribution in [0.4, 0.5) is 10.6 Å². The van der Waals surface area contributed by atoms with E-state index < -0.39 is 0 Å². The molecule has 4 rings (SSSR count). The highest BCUT2D eigenvalue weighted by molar-refractivity contribution is 5.92. The summed E-state index contributed by atoms with van der Waals surface area (Å²) in [7, 11) is 0. The van der Waals surface area contributed by atoms with Crippen LogP contribution in [-0.2, 0) is 6.54 Å². The van der Waals surface area contributed by atoms with Crippen LogP contribution in [0.3, 0.4) is 0 Å². The fourth-order valence-corrected chi connectivity index (χ4v) is 3.06. The molecule has 0 aliphatic heterocycles. The molecule has 6 heteroatoms. The Hall–Kier alpha value is -3.80. The molecule has 2 aromatic carbocycles. The zero-order valence-corrected chi connectivity index (χ0v) is 16.1. The molecule has 0 spiro atoms. The number of rotatable bonds is 5. The lowest BCUT2D eigenvalue weighted by Crippen LogP contribution is -2.40. The lowest BCUT2D eigenvalue weighted by molar-refractivity contribution is 0.246. The zero-order chi connectivity index (χ0) is 20.1. The Bertz CT molecular complexity index is 1120. The third-order valence-electron chi connectivity index (χ3n) is 4.49. The van der Waals surface area contributed by atoms with Crippen molar-refractivity contribution in [3.8, 4) is 11.3 Å². The molecule has 0 unspecified atom stereocenters. The first kappa shape index (κ1) is 18.6. The third-order valence-corrected chi connectivity index (χ3v) is 4.49. The molecule has 0 saturated heterocycles. The maximum absolute atomic E-state index is 12.7. The Morgan fingerprint density at radius 1 is 0.931 bits per heavy atom. The summed E-state index contributed by atoms with van der Waals surface area (Å²) in [6.07, 6.45) is 1.74. The number of nitrogens with one attached hydrogen (secondary N) is 1. The molecule has 0 aliphatic rings. The summed E-state index contributed by atoms with van der Waals surface area (Å²) in [6, 6.07) is 23.1. The molecule has 0 bridgehead atoms. The second kappa shape index (κ2) is 8.48. The first-order valence-electron chi connectivity index (χ1n) is 9.53. The summed E-state index contributed by atoms with van der Waals surface area (Å²) in [5, 5.41) is 2.86. The molecular formula is C23H21N5O. The molecule has 29 heavy (non-hydrogen) atoms. The summed E-state index contributed by atoms with van der Waals surface area (Å²) < 4.78 is 0. The SMILES string of the molecule is CCNC(=O)N(Cc1ccccc1)c1ccc2ncc(-c3ccccc3)nc2n1. The first-order chi connectivity index (χ1) is 14.2. The van der Waals surface area contributed by atoms with Gasteiger partial charge in [0.2, 0.25) is 0 Å². The number of amides is 2. The van der Waals surface area contributed by atoms with E-state index in [-0.39, 0.29) is 6.03 Å². The van der Waals surface area contributed by atoms with Gasteiger partial charge in [-0.15, -0.1) is 0 Å². The first-order valence-corrected chi connectivity index (χ1v) is 9.53. The summed E-state index contributed by atoms with van der Waals surface area (Å²) in [5.74, 6) is 0.534. The van der Waals surface area contributed by atoms with E-state index in [1.54, 1.807) is 17.2 Å². The Kier molecular flexibility index (Phi) is 5.42. The van der Waals surface area contributed by atoms with Crippen molar-refractivity contribution in [1.82, 2.24) is 20.3 Å². The number of fused-ring (bicyclic) bond motifs is 1. The molecule has 0 fully saturated rings. The molecule has 2 amide bonds. The molecule has 0 atom stereocenters. The highest BCUT2D eigenvalue weighted by Crippen LogP contribution is 2.21. The van der Waals surface area contributed by atoms with Crippen molar-refractivity contribution in [3.05, 3.63) is 84.6 Å². The van der Waals surface area contributed by atoms with Gasteiger partial charge in [0.25, 0.3) is 0 Å². The highest BCUT2D eigenvalue weighted by Gasteiger charge is 2.18. The Morgan fingerprint density at radius 3 is 2.38 bits per heavy atom. The number of carbonyl (C=O) groups excluding carboxylic acids is 1. The van der Waals surface area contributed by atoms with E-state index >= 15 is 0 Å². The number of aromatic nitrogens is 3. The van der Waals surface area contributed by atoms with Crippen LogP contribution in [-0.4, -0.2) is 27.5 Å². The minimum Gasteiger partial charge on any atom is -0.338 e. The molecule has 1 N–H and O–H groups in total. The van der Waals surface area contributed by atoms with Gasteiger partial charge in [0.1, 0.15) is 11.3 Å². The average molecular weight is 383 g/mol. The normalized spacial score (nSPS) is 10.7. The van der Waals surface area contributed by atoms with Gasteiger partial charge in [0.05, 0.1) is 18.4 Å². The number of urea groups is 1. The minimum absolute atomic E-state index is 0.199. The van der Waals surface area contributed by atoms with Crippen LogP contribution in [0.15, 0.2) is 79.0 Å². The predicted octanol–water partition coefficient (Wildman–Crippen LogP) is 4.43. The van der Waals surface area contributed by atoms with Gasteiger partial charge in [-0.3, -0.25) is 9.88 Å². The second-order valence-electron chi connectivity index (χ2n) is 6.54. The van der Waals surface area contributed by atoms with E-state index in [1.165, 1.54) is 0 Å². The van der Waals surface area contributed by atoms with Crippen molar-refractivity contribution < 1.29 is 4.79 Å². The highest BCUT2D eigenvalue weighted by atomic mass is 16.2. The van der Waals surface area contributed by atoms with Crippen LogP contribution in [0.1, 0.15) is 12.5 Å². The lowest BCUT2D eigenvalue weighted by atomic mass is 10.2. The number of carbonyl (C=O) groups is 1. The van der Waals surface area contributed by atoms with E-state index in [0.717, 1.165) is 16.8 Å². The molecule has 2 heterocycles. The number of pyridine rings is 1. The van der Waals surface area contributed by atoms with Crippen molar-refractivity contribution in [2.45, 2.75) is 13.5 Å². The molecule has 0 radical (unpaired) electrons. The van der Waals surface area contributed by atoms with E-state index in [0.29, 0.717) is 30.1 Å². The minimum atomic E-state index is -0.199. The van der Waals surface area contributed by atoms with Crippen LogP contribution in [0.2, 0.25) is 0 Å². The fraction of sp³-hybridized carbons (Fsp3) is 0.130. The monoisotopic (exact) mass is 383 g/mol. The molecular weight excluding hydrogens is 362 g/mol. The Balaban J connectivity index is 1.73. The molecule has 6 nitrogen and oxygen atoms in total. The number of hydrogen-bond donors (Lipinski definition) is 1. The van der Waals surface area contributed by atoms with Crippen LogP contribution >= 0.6 is 0 Å². The van der Waals surface area contributed by atoms with Crippen LogP contribution in [0.5, 0.6) is 0 Å². The van der Waals surface area contributed by atoms with Gasteiger partial charge < -0.3 is 5.32 Å². The topological polar surface area (TPSA) is 71.0 Å². The molecule has 0 saturated carbocycles. The number of benzene rings is 2. The van der Waals surface area contributed by atoms with Gasteiger partial charge in [-0.25, -0.2) is 14.8 Å². The Morgan fingerprint density at radius 2 is 1.66 bits per heavy atom. The van der Waals surface area contributed by atoms with Crippen LogP contribution in [0.25, 0.3) is 22.4 Å². The number of hydrogen-bond acceptors (Lipinski definition) is 4. The van der Waals surface area contributed by atoms with Crippen molar-refractivity contribution >= 4 is 23.0 Å². The van der Waals surface area contributed by atoms with Crippen molar-refractivity contribution in [2.75, 3.05) is 11.4 Å². The molecule has 144 valence electrons. The van der Waals surface area contributed by atoms with Gasteiger partial charge >= 0.3 is 6.03 Å². The van der Waals surface area contributed by atoms with E-state index in [1.807, 2.05) is 73.7 Å². The van der Waals surface area contributed by atoms with Gasteiger partial charge in [-0.2, -0.15) is 0 Å². The standard InChI is InChI=1S/C23H21N5O/c1-2-24-23(29)28(16-17-9-5-3-6-10-17)21-14-13-19-22(27-21)26-20(15-25-19)18-11-7-4-8-12-18/h3-15H,2,16H2,1H3,(H,24,29). The second-order valence-corrected chi connectivity index (χ2v) is 6.54. The van der Waals surface area contributed by atoms with Crippen molar-refractivity contribution in [1.29, 1.82) is 0 Å². The largest absolute Gasteiger partial charge is 0.338 e. The maximum atomic E-state index is 12.7. The van der Waals surface area contributed by atoms with E-state index in [9.17, 15) is 4.79 Å². The van der Waals surface area contributed by atoms with Gasteiger partial charge in [-0.05, 0) is 24.6 Å².